The Morgan fingerprint density at radius 2 is 1.97 bits per heavy atom. The van der Waals surface area contributed by atoms with Crippen LogP contribution >= 0.6 is 27.3 Å². The SMILES string of the molecule is Cc1sc(NC(=O)CCCOc2ccc(C(C)C)cc2Br)nc1-c1ccccc1. The van der Waals surface area contributed by atoms with E-state index in [2.05, 4.69) is 52.2 Å². The largest absolute Gasteiger partial charge is 0.492 e. The first kappa shape index (κ1) is 21.5. The summed E-state index contributed by atoms with van der Waals surface area (Å²) < 4.78 is 6.76. The molecule has 1 aromatic heterocycles. The molecule has 2 aromatic carbocycles. The van der Waals surface area contributed by atoms with E-state index in [1.54, 1.807) is 0 Å². The Balaban J connectivity index is 1.47. The van der Waals surface area contributed by atoms with Gasteiger partial charge in [-0.15, -0.1) is 11.3 Å². The summed E-state index contributed by atoms with van der Waals surface area (Å²) in [7, 11) is 0. The van der Waals surface area contributed by atoms with Crippen LogP contribution < -0.4 is 10.1 Å². The van der Waals surface area contributed by atoms with Crippen LogP contribution in [0.15, 0.2) is 53.0 Å². The number of anilines is 1. The van der Waals surface area contributed by atoms with Crippen molar-refractivity contribution in [1.82, 2.24) is 4.98 Å². The Bertz CT molecular complexity index is 970. The highest BCUT2D eigenvalue weighted by molar-refractivity contribution is 9.10. The molecule has 6 heteroatoms. The third kappa shape index (κ3) is 5.90. The molecule has 4 nitrogen and oxygen atoms in total. The van der Waals surface area contributed by atoms with E-state index in [1.165, 1.54) is 16.9 Å². The summed E-state index contributed by atoms with van der Waals surface area (Å²) in [6.07, 6.45) is 1.03. The van der Waals surface area contributed by atoms with Gasteiger partial charge in [0.05, 0.1) is 16.8 Å². The second-order valence-corrected chi connectivity index (χ2v) is 9.19. The molecule has 0 fully saturated rings. The van der Waals surface area contributed by atoms with E-state index in [0.29, 0.717) is 30.5 Å². The first-order chi connectivity index (χ1) is 13.9. The maximum absolute atomic E-state index is 12.3. The summed E-state index contributed by atoms with van der Waals surface area (Å²) in [5.41, 5.74) is 3.24. The minimum absolute atomic E-state index is 0.0452. The van der Waals surface area contributed by atoms with Gasteiger partial charge in [-0.1, -0.05) is 50.2 Å². The summed E-state index contributed by atoms with van der Waals surface area (Å²) in [6, 6.07) is 16.1. The highest BCUT2D eigenvalue weighted by Crippen LogP contribution is 2.31. The van der Waals surface area contributed by atoms with Crippen LogP contribution in [0.25, 0.3) is 11.3 Å². The summed E-state index contributed by atoms with van der Waals surface area (Å²) in [5, 5.41) is 3.54. The van der Waals surface area contributed by atoms with E-state index < -0.39 is 0 Å². The molecule has 1 amide bonds. The summed E-state index contributed by atoms with van der Waals surface area (Å²) in [6.45, 7) is 6.83. The molecule has 29 heavy (non-hydrogen) atoms. The van der Waals surface area contributed by atoms with Crippen LogP contribution in [0.1, 0.15) is 43.0 Å². The van der Waals surface area contributed by atoms with Gasteiger partial charge in [-0.3, -0.25) is 4.79 Å². The third-order valence-electron chi connectivity index (χ3n) is 4.52. The number of ether oxygens (including phenoxy) is 1. The Labute approximate surface area is 184 Å². The van der Waals surface area contributed by atoms with E-state index >= 15 is 0 Å². The number of amides is 1. The summed E-state index contributed by atoms with van der Waals surface area (Å²) in [5.74, 6) is 1.23. The Morgan fingerprint density at radius 3 is 2.66 bits per heavy atom. The molecule has 0 saturated heterocycles. The zero-order valence-electron chi connectivity index (χ0n) is 16.9. The number of benzene rings is 2. The number of nitrogens with one attached hydrogen (secondary N) is 1. The molecule has 0 saturated carbocycles. The lowest BCUT2D eigenvalue weighted by atomic mass is 10.0. The molecule has 0 aliphatic carbocycles. The number of nitrogens with zero attached hydrogens (tertiary/aromatic N) is 1. The number of aryl methyl sites for hydroxylation is 1. The van der Waals surface area contributed by atoms with Gasteiger partial charge in [-0.25, -0.2) is 4.98 Å². The maximum atomic E-state index is 12.3. The van der Waals surface area contributed by atoms with Crippen LogP contribution in [-0.2, 0) is 4.79 Å². The second-order valence-electron chi connectivity index (χ2n) is 7.13. The fraction of sp³-hybridized carbons (Fsp3) is 0.304. The fourth-order valence-corrected chi connectivity index (χ4v) is 4.27. The average molecular weight is 473 g/mol. The number of hydrogen-bond donors (Lipinski definition) is 1. The molecule has 0 spiro atoms. The lowest BCUT2D eigenvalue weighted by Crippen LogP contribution is -2.12. The monoisotopic (exact) mass is 472 g/mol. The molecular weight excluding hydrogens is 448 g/mol. The molecule has 0 aliphatic heterocycles. The van der Waals surface area contributed by atoms with Crippen LogP contribution in [0.4, 0.5) is 5.13 Å². The van der Waals surface area contributed by atoms with Gasteiger partial charge in [0.2, 0.25) is 5.91 Å². The van der Waals surface area contributed by atoms with Crippen LogP contribution in [-0.4, -0.2) is 17.5 Å². The molecule has 1 heterocycles. The number of aromatic nitrogens is 1. The first-order valence-corrected chi connectivity index (χ1v) is 11.3. The first-order valence-electron chi connectivity index (χ1n) is 9.69. The van der Waals surface area contributed by atoms with E-state index in [-0.39, 0.29) is 5.91 Å². The minimum Gasteiger partial charge on any atom is -0.492 e. The van der Waals surface area contributed by atoms with Crippen molar-refractivity contribution in [3.8, 4) is 17.0 Å². The number of carbonyl (C=O) groups excluding carboxylic acids is 1. The second kappa shape index (κ2) is 10.0. The van der Waals surface area contributed by atoms with Crippen LogP contribution in [0.5, 0.6) is 5.75 Å². The molecule has 0 bridgehead atoms. The number of hydrogen-bond acceptors (Lipinski definition) is 4. The van der Waals surface area contributed by atoms with E-state index in [9.17, 15) is 4.79 Å². The molecular formula is C23H25BrN2O2S. The topological polar surface area (TPSA) is 51.2 Å². The number of carbonyl (C=O) groups is 1. The van der Waals surface area contributed by atoms with Crippen molar-refractivity contribution in [2.24, 2.45) is 0 Å². The predicted molar refractivity (Wildman–Crippen MR) is 124 cm³/mol. The zero-order chi connectivity index (χ0) is 20.8. The highest BCUT2D eigenvalue weighted by Gasteiger charge is 2.12. The van der Waals surface area contributed by atoms with Crippen LogP contribution in [0, 0.1) is 6.92 Å². The van der Waals surface area contributed by atoms with Crippen molar-refractivity contribution >= 4 is 38.3 Å². The third-order valence-corrected chi connectivity index (χ3v) is 6.02. The molecule has 0 atom stereocenters. The van der Waals surface area contributed by atoms with Crippen molar-refractivity contribution in [2.45, 2.75) is 39.5 Å². The van der Waals surface area contributed by atoms with Crippen molar-refractivity contribution in [1.29, 1.82) is 0 Å². The Hall–Kier alpha value is -2.18. The van der Waals surface area contributed by atoms with Gasteiger partial charge in [-0.2, -0.15) is 0 Å². The van der Waals surface area contributed by atoms with Crippen LogP contribution in [0.2, 0.25) is 0 Å². The smallest absolute Gasteiger partial charge is 0.226 e. The van der Waals surface area contributed by atoms with Crippen molar-refractivity contribution in [3.05, 3.63) is 63.4 Å². The lowest BCUT2D eigenvalue weighted by Gasteiger charge is -2.11. The fourth-order valence-electron chi connectivity index (χ4n) is 2.90. The van der Waals surface area contributed by atoms with Gasteiger partial charge in [-0.05, 0) is 52.9 Å². The molecule has 0 aliphatic rings. The van der Waals surface area contributed by atoms with Crippen molar-refractivity contribution in [3.63, 3.8) is 0 Å². The molecule has 0 unspecified atom stereocenters. The summed E-state index contributed by atoms with van der Waals surface area (Å²) >= 11 is 5.06. The number of thiazole rings is 1. The average Bonchev–Trinajstić information content (AvgIpc) is 3.06. The molecule has 1 N–H and O–H groups in total. The van der Waals surface area contributed by atoms with Crippen molar-refractivity contribution < 1.29 is 9.53 Å². The van der Waals surface area contributed by atoms with Gasteiger partial charge >= 0.3 is 0 Å². The Morgan fingerprint density at radius 1 is 1.21 bits per heavy atom. The van der Waals surface area contributed by atoms with Gasteiger partial charge < -0.3 is 10.1 Å². The van der Waals surface area contributed by atoms with Crippen LogP contribution in [0.3, 0.4) is 0 Å². The maximum Gasteiger partial charge on any atom is 0.226 e. The predicted octanol–water partition coefficient (Wildman–Crippen LogP) is 6.80. The van der Waals surface area contributed by atoms with Gasteiger partial charge in [0, 0.05) is 16.9 Å². The molecule has 3 aromatic rings. The Kier molecular flexibility index (Phi) is 7.45. The van der Waals surface area contributed by atoms with E-state index in [0.717, 1.165) is 26.4 Å². The normalized spacial score (nSPS) is 10.9. The zero-order valence-corrected chi connectivity index (χ0v) is 19.3. The number of halogens is 1. The number of rotatable bonds is 8. The molecule has 0 radical (unpaired) electrons. The van der Waals surface area contributed by atoms with Crippen molar-refractivity contribution in [2.75, 3.05) is 11.9 Å². The standard InChI is InChI=1S/C23H25BrN2O2S/c1-15(2)18-11-12-20(19(24)14-18)28-13-7-10-21(27)25-23-26-22(16(3)29-23)17-8-5-4-6-9-17/h4-6,8-9,11-12,14-15H,7,10,13H2,1-3H3,(H,25,26,27). The molecule has 3 rings (SSSR count). The highest BCUT2D eigenvalue weighted by atomic mass is 79.9. The van der Waals surface area contributed by atoms with Gasteiger partial charge in [0.25, 0.3) is 0 Å². The summed E-state index contributed by atoms with van der Waals surface area (Å²) in [4.78, 5) is 17.9. The minimum atomic E-state index is -0.0452. The molecule has 152 valence electrons. The lowest BCUT2D eigenvalue weighted by molar-refractivity contribution is -0.116. The van der Waals surface area contributed by atoms with Gasteiger partial charge in [0.15, 0.2) is 5.13 Å². The quantitative estimate of drug-likeness (QED) is 0.366. The van der Waals surface area contributed by atoms with E-state index in [1.807, 2.05) is 43.3 Å². The van der Waals surface area contributed by atoms with E-state index in [4.69, 9.17) is 4.74 Å². The van der Waals surface area contributed by atoms with Gasteiger partial charge in [0.1, 0.15) is 5.75 Å².